The molecule has 38 heavy (non-hydrogen) atoms. The molecule has 0 saturated carbocycles. The van der Waals surface area contributed by atoms with Gasteiger partial charge in [-0.1, -0.05) is 12.1 Å². The summed E-state index contributed by atoms with van der Waals surface area (Å²) in [7, 11) is 4.15. The van der Waals surface area contributed by atoms with Gasteiger partial charge in [0.1, 0.15) is 0 Å². The second-order valence-corrected chi connectivity index (χ2v) is 9.91. The Morgan fingerprint density at radius 2 is 1.95 bits per heavy atom. The topological polar surface area (TPSA) is 98.4 Å². The van der Waals surface area contributed by atoms with Crippen LogP contribution in [0.1, 0.15) is 28.8 Å². The number of pyridine rings is 1. The van der Waals surface area contributed by atoms with E-state index < -0.39 is 0 Å². The van der Waals surface area contributed by atoms with Gasteiger partial charge in [0.15, 0.2) is 0 Å². The Balaban J connectivity index is 1.49. The average Bonchev–Trinajstić information content (AvgIpc) is 3.30. The maximum absolute atomic E-state index is 13.2. The van der Waals surface area contributed by atoms with Crippen molar-refractivity contribution >= 4 is 46.3 Å². The van der Waals surface area contributed by atoms with Gasteiger partial charge in [0.2, 0.25) is 0 Å². The first-order valence-electron chi connectivity index (χ1n) is 12.9. The summed E-state index contributed by atoms with van der Waals surface area (Å²) in [6.07, 6.45) is 9.90. The molecule has 1 fully saturated rings. The van der Waals surface area contributed by atoms with Crippen molar-refractivity contribution in [1.82, 2.24) is 19.8 Å². The number of hydrogen-bond donors (Lipinski definition) is 3. The second kappa shape index (κ2) is 11.0. The van der Waals surface area contributed by atoms with E-state index >= 15 is 0 Å². The lowest BCUT2D eigenvalue weighted by Gasteiger charge is -2.29. The van der Waals surface area contributed by atoms with Crippen LogP contribution in [0.25, 0.3) is 22.0 Å². The molecule has 1 saturated heterocycles. The van der Waals surface area contributed by atoms with Crippen LogP contribution >= 0.6 is 0 Å². The quantitative estimate of drug-likeness (QED) is 0.289. The van der Waals surface area contributed by atoms with Gasteiger partial charge in [-0.3, -0.25) is 14.8 Å². The minimum atomic E-state index is -0.104. The van der Waals surface area contributed by atoms with Crippen molar-refractivity contribution in [2.75, 3.05) is 25.5 Å². The standard InChI is InChI=1S/C30H33N7O/c1-20-26(22-5-4-21-7-15-37(3)29(21)16-22)17-24(18-27(20)33-12-10-31)34-28-19-32-11-6-25(28)30(38)35-23-8-13-36(2)14-9-23/h4-7,10-12,15-19,23,31,34H,8-9,13-14H2,1-3H3,(H,35,38)/b31-10?,33-12-. The highest BCUT2D eigenvalue weighted by molar-refractivity contribution is 6.15. The molecule has 4 aromatic rings. The molecule has 3 heterocycles. The lowest BCUT2D eigenvalue weighted by molar-refractivity contribution is 0.0917. The van der Waals surface area contributed by atoms with Crippen molar-refractivity contribution < 1.29 is 4.79 Å². The number of likely N-dealkylation sites (tertiary alicyclic amines) is 1. The molecule has 194 valence electrons. The Bertz CT molecular complexity index is 1510. The fourth-order valence-electron chi connectivity index (χ4n) is 5.02. The van der Waals surface area contributed by atoms with Crippen molar-refractivity contribution in [2.24, 2.45) is 12.0 Å². The largest absolute Gasteiger partial charge is 0.354 e. The van der Waals surface area contributed by atoms with Gasteiger partial charge < -0.3 is 25.5 Å². The third kappa shape index (κ3) is 5.35. The summed E-state index contributed by atoms with van der Waals surface area (Å²) in [6, 6.07) is 14.4. The van der Waals surface area contributed by atoms with Crippen molar-refractivity contribution in [1.29, 1.82) is 5.41 Å². The summed E-state index contributed by atoms with van der Waals surface area (Å²) < 4.78 is 2.11. The molecule has 1 aliphatic rings. The zero-order chi connectivity index (χ0) is 26.6. The molecule has 0 spiro atoms. The third-order valence-corrected chi connectivity index (χ3v) is 7.27. The number of aliphatic imine (C=N–C) groups is 1. The van der Waals surface area contributed by atoms with Gasteiger partial charge in [-0.15, -0.1) is 0 Å². The van der Waals surface area contributed by atoms with E-state index in [1.54, 1.807) is 18.5 Å². The van der Waals surface area contributed by atoms with E-state index in [0.717, 1.165) is 59.5 Å². The van der Waals surface area contributed by atoms with Crippen LogP contribution in [-0.2, 0) is 7.05 Å². The Morgan fingerprint density at radius 3 is 2.74 bits per heavy atom. The number of benzene rings is 2. The van der Waals surface area contributed by atoms with Crippen molar-refractivity contribution in [3.05, 3.63) is 72.2 Å². The van der Waals surface area contributed by atoms with E-state index in [0.29, 0.717) is 11.3 Å². The van der Waals surface area contributed by atoms with Gasteiger partial charge in [0.25, 0.3) is 5.91 Å². The number of hydrogen-bond acceptors (Lipinski definition) is 6. The number of carbonyl (C=O) groups is 1. The number of amides is 1. The van der Waals surface area contributed by atoms with E-state index in [2.05, 4.69) is 73.7 Å². The molecule has 1 amide bonds. The lowest BCUT2D eigenvalue weighted by Crippen LogP contribution is -2.43. The molecule has 0 bridgehead atoms. The van der Waals surface area contributed by atoms with Gasteiger partial charge >= 0.3 is 0 Å². The Morgan fingerprint density at radius 1 is 1.13 bits per heavy atom. The Labute approximate surface area is 222 Å². The minimum absolute atomic E-state index is 0.104. The number of anilines is 2. The Hall–Kier alpha value is -4.30. The first-order valence-corrected chi connectivity index (χ1v) is 12.9. The Kier molecular flexibility index (Phi) is 7.33. The van der Waals surface area contributed by atoms with Crippen LogP contribution in [-0.4, -0.2) is 59.0 Å². The molecule has 5 rings (SSSR count). The van der Waals surface area contributed by atoms with E-state index in [9.17, 15) is 4.79 Å². The van der Waals surface area contributed by atoms with Gasteiger partial charge in [0, 0.05) is 49.1 Å². The molecular formula is C30H33N7O. The number of carbonyl (C=O) groups excluding carboxylic acids is 1. The molecule has 3 N–H and O–H groups in total. The fraction of sp³-hybridized carbons (Fsp3) is 0.267. The van der Waals surface area contributed by atoms with Crippen LogP contribution in [0.3, 0.4) is 0 Å². The lowest BCUT2D eigenvalue weighted by atomic mass is 9.97. The maximum Gasteiger partial charge on any atom is 0.253 e. The first kappa shape index (κ1) is 25.4. The SMILES string of the molecule is Cc1c(/N=C\C=N)cc(Nc2cnccc2C(=O)NC2CCN(C)CC2)cc1-c1ccc2ccn(C)c2c1. The molecule has 0 atom stereocenters. The third-order valence-electron chi connectivity index (χ3n) is 7.27. The maximum atomic E-state index is 13.2. The molecule has 0 unspecified atom stereocenters. The predicted octanol–water partition coefficient (Wildman–Crippen LogP) is 5.47. The number of nitrogens with one attached hydrogen (secondary N) is 3. The highest BCUT2D eigenvalue weighted by Gasteiger charge is 2.21. The molecule has 2 aromatic carbocycles. The van der Waals surface area contributed by atoms with Crippen molar-refractivity contribution in [3.8, 4) is 11.1 Å². The van der Waals surface area contributed by atoms with Gasteiger partial charge in [-0.25, -0.2) is 0 Å². The summed E-state index contributed by atoms with van der Waals surface area (Å²) in [5.41, 5.74) is 6.97. The van der Waals surface area contributed by atoms with Gasteiger partial charge in [0.05, 0.1) is 23.1 Å². The highest BCUT2D eigenvalue weighted by atomic mass is 16.1. The molecule has 0 aliphatic carbocycles. The summed E-state index contributed by atoms with van der Waals surface area (Å²) in [5, 5.41) is 15.2. The van der Waals surface area contributed by atoms with Crippen LogP contribution in [0, 0.1) is 12.3 Å². The molecule has 1 aliphatic heterocycles. The molecule has 8 nitrogen and oxygen atoms in total. The number of aromatic nitrogens is 2. The zero-order valence-corrected chi connectivity index (χ0v) is 22.0. The van der Waals surface area contributed by atoms with E-state index in [1.807, 2.05) is 20.0 Å². The number of piperidine rings is 1. The molecule has 2 aromatic heterocycles. The van der Waals surface area contributed by atoms with Crippen molar-refractivity contribution in [3.63, 3.8) is 0 Å². The normalized spacial score (nSPS) is 14.7. The van der Waals surface area contributed by atoms with Crippen LogP contribution in [0.5, 0.6) is 0 Å². The van der Waals surface area contributed by atoms with Gasteiger partial charge in [-0.05, 0) is 92.3 Å². The van der Waals surface area contributed by atoms with Crippen LogP contribution in [0.15, 0.2) is 66.0 Å². The second-order valence-electron chi connectivity index (χ2n) is 9.91. The number of fused-ring (bicyclic) bond motifs is 1. The first-order chi connectivity index (χ1) is 18.4. The number of rotatable bonds is 7. The van der Waals surface area contributed by atoms with Crippen molar-refractivity contribution in [2.45, 2.75) is 25.8 Å². The summed E-state index contributed by atoms with van der Waals surface area (Å²) >= 11 is 0. The zero-order valence-electron chi connectivity index (χ0n) is 22.0. The van der Waals surface area contributed by atoms with E-state index in [1.165, 1.54) is 17.8 Å². The van der Waals surface area contributed by atoms with Gasteiger partial charge in [-0.2, -0.15) is 0 Å². The van der Waals surface area contributed by atoms with Crippen LogP contribution in [0.2, 0.25) is 0 Å². The number of nitrogens with zero attached hydrogens (tertiary/aromatic N) is 4. The summed E-state index contributed by atoms with van der Waals surface area (Å²) in [5.74, 6) is -0.104. The van der Waals surface area contributed by atoms with Crippen LogP contribution in [0.4, 0.5) is 17.1 Å². The van der Waals surface area contributed by atoms with E-state index in [-0.39, 0.29) is 11.9 Å². The summed E-state index contributed by atoms with van der Waals surface area (Å²) in [4.78, 5) is 24.3. The molecule has 0 radical (unpaired) electrons. The monoisotopic (exact) mass is 507 g/mol. The highest BCUT2D eigenvalue weighted by Crippen LogP contribution is 2.36. The smallest absolute Gasteiger partial charge is 0.253 e. The minimum Gasteiger partial charge on any atom is -0.354 e. The molecule has 8 heteroatoms. The fourth-order valence-corrected chi connectivity index (χ4v) is 5.02. The summed E-state index contributed by atoms with van der Waals surface area (Å²) in [6.45, 7) is 3.99. The number of aryl methyl sites for hydroxylation is 1. The predicted molar refractivity (Wildman–Crippen MR) is 156 cm³/mol. The molecular weight excluding hydrogens is 474 g/mol. The average molecular weight is 508 g/mol. The van der Waals surface area contributed by atoms with E-state index in [4.69, 9.17) is 5.41 Å². The van der Waals surface area contributed by atoms with Crippen LogP contribution < -0.4 is 10.6 Å².